The van der Waals surface area contributed by atoms with E-state index in [4.69, 9.17) is 19.3 Å². The summed E-state index contributed by atoms with van der Waals surface area (Å²) in [6, 6.07) is 0. The molecule has 0 radical (unpaired) electrons. The van der Waals surface area contributed by atoms with Gasteiger partial charge < -0.3 is 19.3 Å². The Bertz CT molecular complexity index is 164. The summed E-state index contributed by atoms with van der Waals surface area (Å²) < 4.78 is 16.2. The van der Waals surface area contributed by atoms with Crippen LogP contribution in [-0.2, 0) is 14.2 Å². The number of aliphatic hydroxyl groups excluding tert-OH is 1. The highest BCUT2D eigenvalue weighted by molar-refractivity contribution is 4.53. The third-order valence-corrected chi connectivity index (χ3v) is 2.99. The van der Waals surface area contributed by atoms with E-state index in [-0.39, 0.29) is 12.7 Å². The van der Waals surface area contributed by atoms with Crippen molar-refractivity contribution in [2.45, 2.75) is 46.1 Å². The van der Waals surface area contributed by atoms with Gasteiger partial charge in [-0.3, -0.25) is 0 Å². The van der Waals surface area contributed by atoms with Crippen molar-refractivity contribution in [3.63, 3.8) is 0 Å². The van der Waals surface area contributed by atoms with Crippen LogP contribution in [0.1, 0.15) is 40.0 Å². The highest BCUT2D eigenvalue weighted by atomic mass is 16.5. The SMILES string of the molecule is CCC(C)CCOC(C)CCOCCOCCO. The van der Waals surface area contributed by atoms with Crippen LogP contribution >= 0.6 is 0 Å². The van der Waals surface area contributed by atoms with Gasteiger partial charge in [0.05, 0.1) is 32.5 Å². The molecule has 0 aliphatic rings. The van der Waals surface area contributed by atoms with Gasteiger partial charge in [-0.25, -0.2) is 0 Å². The number of rotatable bonds is 13. The zero-order valence-electron chi connectivity index (χ0n) is 12.2. The first-order chi connectivity index (χ1) is 8.70. The quantitative estimate of drug-likeness (QED) is 0.517. The second-order valence-electron chi connectivity index (χ2n) is 4.72. The lowest BCUT2D eigenvalue weighted by Gasteiger charge is -2.15. The first kappa shape index (κ1) is 17.8. The maximum absolute atomic E-state index is 8.50. The van der Waals surface area contributed by atoms with Crippen molar-refractivity contribution < 1.29 is 19.3 Å². The molecule has 0 aromatic heterocycles. The predicted octanol–water partition coefficient (Wildman–Crippen LogP) is 2.24. The van der Waals surface area contributed by atoms with E-state index in [0.717, 1.165) is 25.4 Å². The monoisotopic (exact) mass is 262 g/mol. The van der Waals surface area contributed by atoms with Gasteiger partial charge in [-0.1, -0.05) is 20.3 Å². The lowest BCUT2D eigenvalue weighted by molar-refractivity contribution is 0.00519. The van der Waals surface area contributed by atoms with Crippen molar-refractivity contribution in [1.82, 2.24) is 0 Å². The molecule has 0 amide bonds. The van der Waals surface area contributed by atoms with Crippen molar-refractivity contribution in [3.05, 3.63) is 0 Å². The number of aliphatic hydroxyl groups is 1. The van der Waals surface area contributed by atoms with E-state index in [1.54, 1.807) is 0 Å². The zero-order chi connectivity index (χ0) is 13.6. The Labute approximate surface area is 112 Å². The van der Waals surface area contributed by atoms with Crippen molar-refractivity contribution in [3.8, 4) is 0 Å². The van der Waals surface area contributed by atoms with E-state index in [0.29, 0.717) is 26.4 Å². The minimum absolute atomic E-state index is 0.0705. The molecule has 0 spiro atoms. The molecule has 18 heavy (non-hydrogen) atoms. The molecule has 0 aromatic carbocycles. The zero-order valence-corrected chi connectivity index (χ0v) is 12.2. The summed E-state index contributed by atoms with van der Waals surface area (Å²) in [4.78, 5) is 0. The van der Waals surface area contributed by atoms with E-state index in [1.807, 2.05) is 0 Å². The molecule has 0 rings (SSSR count). The first-order valence-corrected chi connectivity index (χ1v) is 7.08. The lowest BCUT2D eigenvalue weighted by atomic mass is 10.1. The minimum Gasteiger partial charge on any atom is -0.394 e. The van der Waals surface area contributed by atoms with Crippen molar-refractivity contribution in [2.75, 3.05) is 39.6 Å². The van der Waals surface area contributed by atoms with Crippen LogP contribution < -0.4 is 0 Å². The molecule has 0 heterocycles. The third kappa shape index (κ3) is 12.3. The topological polar surface area (TPSA) is 47.9 Å². The molecule has 0 fully saturated rings. The second kappa shape index (κ2) is 13.3. The van der Waals surface area contributed by atoms with E-state index in [2.05, 4.69) is 20.8 Å². The van der Waals surface area contributed by atoms with Crippen LogP contribution in [0.2, 0.25) is 0 Å². The normalized spacial score (nSPS) is 14.7. The van der Waals surface area contributed by atoms with Gasteiger partial charge in [0.2, 0.25) is 0 Å². The number of hydrogen-bond donors (Lipinski definition) is 1. The summed E-state index contributed by atoms with van der Waals surface area (Å²) in [6.07, 6.45) is 3.53. The number of ether oxygens (including phenoxy) is 3. The van der Waals surface area contributed by atoms with Crippen molar-refractivity contribution in [1.29, 1.82) is 0 Å². The van der Waals surface area contributed by atoms with Gasteiger partial charge in [-0.05, 0) is 25.7 Å². The van der Waals surface area contributed by atoms with Crippen molar-refractivity contribution in [2.24, 2.45) is 5.92 Å². The van der Waals surface area contributed by atoms with Gasteiger partial charge in [-0.15, -0.1) is 0 Å². The van der Waals surface area contributed by atoms with Crippen LogP contribution in [0.5, 0.6) is 0 Å². The first-order valence-electron chi connectivity index (χ1n) is 7.08. The van der Waals surface area contributed by atoms with E-state index in [9.17, 15) is 0 Å². The average molecular weight is 262 g/mol. The largest absolute Gasteiger partial charge is 0.394 e. The van der Waals surface area contributed by atoms with Crippen LogP contribution in [-0.4, -0.2) is 50.9 Å². The van der Waals surface area contributed by atoms with Crippen LogP contribution in [0.25, 0.3) is 0 Å². The average Bonchev–Trinajstić information content (AvgIpc) is 2.37. The Hall–Kier alpha value is -0.160. The molecule has 0 saturated carbocycles. The van der Waals surface area contributed by atoms with E-state index in [1.165, 1.54) is 6.42 Å². The predicted molar refractivity (Wildman–Crippen MR) is 72.8 cm³/mol. The van der Waals surface area contributed by atoms with Gasteiger partial charge in [-0.2, -0.15) is 0 Å². The molecule has 0 aliphatic heterocycles. The molecule has 0 aliphatic carbocycles. The highest BCUT2D eigenvalue weighted by Crippen LogP contribution is 2.08. The van der Waals surface area contributed by atoms with E-state index < -0.39 is 0 Å². The summed E-state index contributed by atoms with van der Waals surface area (Å²) in [5.41, 5.74) is 0. The second-order valence-corrected chi connectivity index (χ2v) is 4.72. The van der Waals surface area contributed by atoms with Gasteiger partial charge in [0.25, 0.3) is 0 Å². The van der Waals surface area contributed by atoms with Gasteiger partial charge in [0, 0.05) is 13.2 Å². The molecule has 0 aromatic rings. The standard InChI is InChI=1S/C14H30O4/c1-4-13(2)5-9-18-14(3)6-8-16-11-12-17-10-7-15/h13-15H,4-12H2,1-3H3. The van der Waals surface area contributed by atoms with Crippen molar-refractivity contribution >= 4 is 0 Å². The molecular formula is C14H30O4. The minimum atomic E-state index is 0.0705. The fraction of sp³-hybridized carbons (Fsp3) is 1.00. The van der Waals surface area contributed by atoms with Gasteiger partial charge in [0.1, 0.15) is 0 Å². The van der Waals surface area contributed by atoms with Crippen LogP contribution in [0, 0.1) is 5.92 Å². The summed E-state index contributed by atoms with van der Waals surface area (Å²) in [5.74, 6) is 0.747. The summed E-state index contributed by atoms with van der Waals surface area (Å²) in [7, 11) is 0. The van der Waals surface area contributed by atoms with Crippen LogP contribution in [0.4, 0.5) is 0 Å². The fourth-order valence-corrected chi connectivity index (χ4v) is 1.39. The Morgan fingerprint density at radius 3 is 2.17 bits per heavy atom. The highest BCUT2D eigenvalue weighted by Gasteiger charge is 2.04. The molecule has 0 bridgehead atoms. The smallest absolute Gasteiger partial charge is 0.0701 e. The molecule has 2 unspecified atom stereocenters. The van der Waals surface area contributed by atoms with Gasteiger partial charge in [0.15, 0.2) is 0 Å². The van der Waals surface area contributed by atoms with E-state index >= 15 is 0 Å². The number of hydrogen-bond acceptors (Lipinski definition) is 4. The summed E-state index contributed by atoms with van der Waals surface area (Å²) in [5, 5.41) is 8.50. The van der Waals surface area contributed by atoms with Crippen LogP contribution in [0.3, 0.4) is 0 Å². The lowest BCUT2D eigenvalue weighted by Crippen LogP contribution is -2.15. The van der Waals surface area contributed by atoms with Crippen LogP contribution in [0.15, 0.2) is 0 Å². The Kier molecular flexibility index (Phi) is 13.2. The van der Waals surface area contributed by atoms with Gasteiger partial charge >= 0.3 is 0 Å². The Morgan fingerprint density at radius 1 is 0.889 bits per heavy atom. The molecule has 110 valence electrons. The summed E-state index contributed by atoms with van der Waals surface area (Å²) >= 11 is 0. The summed E-state index contributed by atoms with van der Waals surface area (Å²) in [6.45, 7) is 9.68. The molecule has 0 saturated heterocycles. The molecule has 1 N–H and O–H groups in total. The molecule has 2 atom stereocenters. The molecule has 4 heteroatoms. The fourth-order valence-electron chi connectivity index (χ4n) is 1.39. The molecule has 4 nitrogen and oxygen atoms in total. The third-order valence-electron chi connectivity index (χ3n) is 2.99. The molecular weight excluding hydrogens is 232 g/mol. The Balaban J connectivity index is 3.19. The Morgan fingerprint density at radius 2 is 1.56 bits per heavy atom. The maximum atomic E-state index is 8.50. The maximum Gasteiger partial charge on any atom is 0.0701 e.